The van der Waals surface area contributed by atoms with E-state index in [1.807, 2.05) is 38.1 Å². The lowest BCUT2D eigenvalue weighted by Crippen LogP contribution is -2.24. The highest BCUT2D eigenvalue weighted by atomic mass is 16.2. The average molecular weight is 311 g/mol. The summed E-state index contributed by atoms with van der Waals surface area (Å²) in [5.41, 5.74) is 2.99. The minimum absolute atomic E-state index is 0.0343. The molecule has 0 saturated heterocycles. The fourth-order valence-corrected chi connectivity index (χ4v) is 2.09. The Morgan fingerprint density at radius 1 is 1.09 bits per heavy atom. The molecule has 0 atom stereocenters. The van der Waals surface area contributed by atoms with Crippen LogP contribution in [0.15, 0.2) is 42.7 Å². The zero-order valence-corrected chi connectivity index (χ0v) is 13.4. The third-order valence-electron chi connectivity index (χ3n) is 3.34. The number of aromatic nitrogens is 1. The molecule has 0 saturated carbocycles. The van der Waals surface area contributed by atoms with Crippen molar-refractivity contribution in [3.63, 3.8) is 0 Å². The number of carbonyl (C=O) groups excluding carboxylic acids is 2. The van der Waals surface area contributed by atoms with Gasteiger partial charge in [-0.15, -0.1) is 0 Å². The van der Waals surface area contributed by atoms with E-state index in [9.17, 15) is 9.59 Å². The van der Waals surface area contributed by atoms with Gasteiger partial charge in [-0.2, -0.15) is 0 Å². The van der Waals surface area contributed by atoms with Gasteiger partial charge in [0.25, 0.3) is 5.91 Å². The Morgan fingerprint density at radius 3 is 2.65 bits per heavy atom. The minimum Gasteiger partial charge on any atom is -0.352 e. The summed E-state index contributed by atoms with van der Waals surface area (Å²) < 4.78 is 0. The van der Waals surface area contributed by atoms with Crippen LogP contribution in [-0.4, -0.2) is 23.3 Å². The largest absolute Gasteiger partial charge is 0.352 e. The number of carbonyl (C=O) groups is 2. The van der Waals surface area contributed by atoms with Gasteiger partial charge in [0.1, 0.15) is 0 Å². The van der Waals surface area contributed by atoms with Gasteiger partial charge in [0.15, 0.2) is 0 Å². The van der Waals surface area contributed by atoms with Crippen molar-refractivity contribution in [1.29, 1.82) is 0 Å². The number of benzene rings is 1. The predicted octanol–water partition coefficient (Wildman–Crippen LogP) is 3.24. The molecule has 0 fully saturated rings. The normalized spacial score (nSPS) is 10.2. The first-order valence-electron chi connectivity index (χ1n) is 7.77. The van der Waals surface area contributed by atoms with Crippen LogP contribution in [0.5, 0.6) is 0 Å². The quantitative estimate of drug-likeness (QED) is 0.860. The van der Waals surface area contributed by atoms with E-state index in [2.05, 4.69) is 15.6 Å². The first kappa shape index (κ1) is 16.7. The molecule has 2 rings (SSSR count). The van der Waals surface area contributed by atoms with Crippen LogP contribution in [0, 0.1) is 0 Å². The number of nitrogens with zero attached hydrogens (tertiary/aromatic N) is 1. The fourth-order valence-electron chi connectivity index (χ4n) is 2.09. The summed E-state index contributed by atoms with van der Waals surface area (Å²) in [4.78, 5) is 27.7. The number of amides is 2. The van der Waals surface area contributed by atoms with Gasteiger partial charge in [-0.05, 0) is 30.2 Å². The summed E-state index contributed by atoms with van der Waals surface area (Å²) in [6, 6.07) is 9.30. The second-order valence-electron chi connectivity index (χ2n) is 5.20. The molecule has 2 amide bonds. The Hall–Kier alpha value is -2.69. The molecule has 2 aromatic rings. The van der Waals surface area contributed by atoms with Gasteiger partial charge >= 0.3 is 0 Å². The Bertz CT molecular complexity index is 698. The summed E-state index contributed by atoms with van der Waals surface area (Å²) in [6.07, 6.45) is 4.57. The molecular weight excluding hydrogens is 290 g/mol. The molecule has 0 aliphatic carbocycles. The minimum atomic E-state index is -0.128. The fraction of sp³-hybridized carbons (Fsp3) is 0.278. The van der Waals surface area contributed by atoms with E-state index in [1.54, 1.807) is 18.5 Å². The van der Waals surface area contributed by atoms with E-state index in [0.717, 1.165) is 23.2 Å². The molecular formula is C18H21N3O2. The second kappa shape index (κ2) is 8.08. The maximum atomic E-state index is 12.0. The van der Waals surface area contributed by atoms with Gasteiger partial charge in [-0.3, -0.25) is 14.6 Å². The molecule has 0 radical (unpaired) electrons. The summed E-state index contributed by atoms with van der Waals surface area (Å²) >= 11 is 0. The molecule has 1 aromatic heterocycles. The molecule has 0 unspecified atom stereocenters. The molecule has 5 heteroatoms. The smallest absolute Gasteiger partial charge is 0.252 e. The lowest BCUT2D eigenvalue weighted by molar-refractivity contribution is -0.115. The predicted molar refractivity (Wildman–Crippen MR) is 91.2 cm³/mol. The third-order valence-corrected chi connectivity index (χ3v) is 3.34. The monoisotopic (exact) mass is 311 g/mol. The summed E-state index contributed by atoms with van der Waals surface area (Å²) in [5, 5.41) is 5.66. The average Bonchev–Trinajstić information content (AvgIpc) is 2.60. The van der Waals surface area contributed by atoms with E-state index in [1.165, 1.54) is 0 Å². The van der Waals surface area contributed by atoms with Crippen LogP contribution in [0.1, 0.15) is 37.0 Å². The highest BCUT2D eigenvalue weighted by Gasteiger charge is 2.08. The zero-order valence-electron chi connectivity index (χ0n) is 13.4. The molecule has 0 spiro atoms. The highest BCUT2D eigenvalue weighted by Crippen LogP contribution is 2.23. The van der Waals surface area contributed by atoms with Crippen LogP contribution in [0.2, 0.25) is 0 Å². The number of hydrogen-bond acceptors (Lipinski definition) is 3. The summed E-state index contributed by atoms with van der Waals surface area (Å²) in [7, 11) is 0. The van der Waals surface area contributed by atoms with Crippen LogP contribution in [0.4, 0.5) is 5.69 Å². The molecule has 2 N–H and O–H groups in total. The number of nitrogens with one attached hydrogen (secondary N) is 2. The number of pyridine rings is 1. The highest BCUT2D eigenvalue weighted by molar-refractivity contribution is 5.95. The standard InChI is InChI=1S/C18H21N3O2/c1-3-8-20-18(23)15-9-14(11-19-12-15)13-6-5-7-16(10-13)21-17(22)4-2/h5-7,9-12H,3-4,8H2,1-2H3,(H,20,23)(H,21,22). The Kier molecular flexibility index (Phi) is 5.86. The Labute approximate surface area is 136 Å². The molecule has 120 valence electrons. The van der Waals surface area contributed by atoms with Crippen molar-refractivity contribution in [1.82, 2.24) is 10.3 Å². The second-order valence-corrected chi connectivity index (χ2v) is 5.20. The number of rotatable bonds is 6. The van der Waals surface area contributed by atoms with Crippen molar-refractivity contribution in [2.24, 2.45) is 0 Å². The Morgan fingerprint density at radius 2 is 1.91 bits per heavy atom. The van der Waals surface area contributed by atoms with Gasteiger partial charge in [-0.25, -0.2) is 0 Å². The van der Waals surface area contributed by atoms with Crippen molar-refractivity contribution < 1.29 is 9.59 Å². The maximum Gasteiger partial charge on any atom is 0.252 e. The van der Waals surface area contributed by atoms with Crippen LogP contribution < -0.4 is 10.6 Å². The maximum absolute atomic E-state index is 12.0. The number of hydrogen-bond donors (Lipinski definition) is 2. The molecule has 1 aromatic carbocycles. The van der Waals surface area contributed by atoms with E-state index in [4.69, 9.17) is 0 Å². The molecule has 0 bridgehead atoms. The lowest BCUT2D eigenvalue weighted by Gasteiger charge is -2.08. The lowest BCUT2D eigenvalue weighted by atomic mass is 10.0. The van der Waals surface area contributed by atoms with Gasteiger partial charge < -0.3 is 10.6 Å². The molecule has 1 heterocycles. The van der Waals surface area contributed by atoms with Crippen molar-refractivity contribution in [2.45, 2.75) is 26.7 Å². The van der Waals surface area contributed by atoms with E-state index < -0.39 is 0 Å². The van der Waals surface area contributed by atoms with Gasteiger partial charge in [0, 0.05) is 36.6 Å². The van der Waals surface area contributed by atoms with Crippen LogP contribution in [0.3, 0.4) is 0 Å². The van der Waals surface area contributed by atoms with E-state index in [-0.39, 0.29) is 11.8 Å². The van der Waals surface area contributed by atoms with Gasteiger partial charge in [0.2, 0.25) is 5.91 Å². The van der Waals surface area contributed by atoms with Crippen molar-refractivity contribution in [3.05, 3.63) is 48.3 Å². The summed E-state index contributed by atoms with van der Waals surface area (Å²) in [5.74, 6) is -0.162. The SMILES string of the molecule is CCCNC(=O)c1cncc(-c2cccc(NC(=O)CC)c2)c1. The van der Waals surface area contributed by atoms with E-state index in [0.29, 0.717) is 18.5 Å². The van der Waals surface area contributed by atoms with Gasteiger partial charge in [-0.1, -0.05) is 26.0 Å². The van der Waals surface area contributed by atoms with Gasteiger partial charge in [0.05, 0.1) is 5.56 Å². The van der Waals surface area contributed by atoms with E-state index >= 15 is 0 Å². The summed E-state index contributed by atoms with van der Waals surface area (Å²) in [6.45, 7) is 4.45. The molecule has 0 aliphatic heterocycles. The van der Waals surface area contributed by atoms with Crippen LogP contribution in [-0.2, 0) is 4.79 Å². The van der Waals surface area contributed by atoms with Crippen LogP contribution in [0.25, 0.3) is 11.1 Å². The topological polar surface area (TPSA) is 71.1 Å². The molecule has 5 nitrogen and oxygen atoms in total. The Balaban J connectivity index is 2.23. The van der Waals surface area contributed by atoms with Crippen LogP contribution >= 0.6 is 0 Å². The first-order chi connectivity index (χ1) is 11.1. The van der Waals surface area contributed by atoms with Crippen molar-refractivity contribution in [3.8, 4) is 11.1 Å². The first-order valence-corrected chi connectivity index (χ1v) is 7.77. The van der Waals surface area contributed by atoms with Crippen molar-refractivity contribution in [2.75, 3.05) is 11.9 Å². The zero-order chi connectivity index (χ0) is 16.7. The third kappa shape index (κ3) is 4.64. The molecule has 0 aliphatic rings. The number of anilines is 1. The molecule has 23 heavy (non-hydrogen) atoms. The van der Waals surface area contributed by atoms with Crippen molar-refractivity contribution >= 4 is 17.5 Å².